The summed E-state index contributed by atoms with van der Waals surface area (Å²) in [5, 5.41) is 11.8. The van der Waals surface area contributed by atoms with Crippen molar-refractivity contribution in [3.63, 3.8) is 0 Å². The zero-order valence-corrected chi connectivity index (χ0v) is 10.4. The number of nitriles is 1. The second-order valence-electron chi connectivity index (χ2n) is 5.99. The summed E-state index contributed by atoms with van der Waals surface area (Å²) in [5.41, 5.74) is 0. The van der Waals surface area contributed by atoms with Gasteiger partial charge in [0.1, 0.15) is 0 Å². The Morgan fingerprint density at radius 3 is 2.59 bits per heavy atom. The first-order chi connectivity index (χ1) is 8.26. The van der Waals surface area contributed by atoms with Gasteiger partial charge in [0.2, 0.25) is 5.91 Å². The Hall–Kier alpha value is -1.04. The lowest BCUT2D eigenvalue weighted by molar-refractivity contribution is -0.124. The fourth-order valence-electron chi connectivity index (χ4n) is 4.38. The van der Waals surface area contributed by atoms with Gasteiger partial charge in [-0.15, -0.1) is 0 Å². The molecule has 92 valence electrons. The van der Waals surface area contributed by atoms with E-state index in [9.17, 15) is 4.79 Å². The number of carbonyl (C=O) groups excluding carboxylic acids is 1. The van der Waals surface area contributed by atoms with Gasteiger partial charge in [-0.2, -0.15) is 5.26 Å². The number of carbonyl (C=O) groups is 1. The minimum atomic E-state index is 0.0616. The Labute approximate surface area is 103 Å². The highest BCUT2D eigenvalue weighted by Crippen LogP contribution is 2.69. The minimum absolute atomic E-state index is 0.0616. The minimum Gasteiger partial charge on any atom is -0.352 e. The van der Waals surface area contributed by atoms with E-state index in [0.29, 0.717) is 24.2 Å². The fraction of sp³-hybridized carbons (Fsp3) is 0.857. The molecule has 0 radical (unpaired) electrons. The SMILES string of the molecule is CCC(CC#N)NC(=O)C1C2C3CCC(C3)C12. The summed E-state index contributed by atoms with van der Waals surface area (Å²) in [6.07, 6.45) is 5.38. The van der Waals surface area contributed by atoms with Crippen LogP contribution in [-0.2, 0) is 4.79 Å². The lowest BCUT2D eigenvalue weighted by atomic mass is 10.0. The van der Waals surface area contributed by atoms with Crippen molar-refractivity contribution in [3.8, 4) is 6.07 Å². The molecule has 0 heterocycles. The predicted molar refractivity (Wildman–Crippen MR) is 63.8 cm³/mol. The normalized spacial score (nSPS) is 42.7. The van der Waals surface area contributed by atoms with Gasteiger partial charge in [0.15, 0.2) is 0 Å². The summed E-state index contributed by atoms with van der Waals surface area (Å²) in [6.45, 7) is 2.03. The molecule has 5 unspecified atom stereocenters. The van der Waals surface area contributed by atoms with Crippen LogP contribution in [0, 0.1) is 40.9 Å². The number of rotatable bonds is 4. The summed E-state index contributed by atoms with van der Waals surface area (Å²) in [4.78, 5) is 12.2. The van der Waals surface area contributed by atoms with E-state index in [1.807, 2.05) is 6.92 Å². The molecule has 3 aliphatic rings. The van der Waals surface area contributed by atoms with Crippen molar-refractivity contribution in [2.24, 2.45) is 29.6 Å². The molecule has 0 aromatic carbocycles. The highest BCUT2D eigenvalue weighted by molar-refractivity contribution is 5.83. The lowest BCUT2D eigenvalue weighted by Gasteiger charge is -2.15. The molecule has 1 N–H and O–H groups in total. The van der Waals surface area contributed by atoms with Gasteiger partial charge in [0.05, 0.1) is 12.5 Å². The number of hydrogen-bond donors (Lipinski definition) is 1. The third-order valence-electron chi connectivity index (χ3n) is 5.21. The first-order valence-electron chi connectivity index (χ1n) is 6.93. The maximum atomic E-state index is 12.2. The van der Waals surface area contributed by atoms with Crippen LogP contribution in [0.5, 0.6) is 0 Å². The highest BCUT2D eigenvalue weighted by Gasteiger charge is 2.67. The van der Waals surface area contributed by atoms with E-state index in [0.717, 1.165) is 18.3 Å². The lowest BCUT2D eigenvalue weighted by Crippen LogP contribution is -2.36. The predicted octanol–water partition coefficient (Wildman–Crippen LogP) is 2.09. The van der Waals surface area contributed by atoms with Crippen LogP contribution in [0.25, 0.3) is 0 Å². The Bertz CT molecular complexity index is 357. The van der Waals surface area contributed by atoms with Gasteiger partial charge in [0, 0.05) is 12.0 Å². The van der Waals surface area contributed by atoms with Crippen molar-refractivity contribution in [1.82, 2.24) is 5.32 Å². The molecule has 3 aliphatic carbocycles. The van der Waals surface area contributed by atoms with E-state index < -0.39 is 0 Å². The van der Waals surface area contributed by atoms with Crippen molar-refractivity contribution in [3.05, 3.63) is 0 Å². The van der Waals surface area contributed by atoms with E-state index in [1.54, 1.807) is 0 Å². The molecule has 0 aromatic heterocycles. The molecule has 0 spiro atoms. The molecular weight excluding hydrogens is 212 g/mol. The number of fused-ring (bicyclic) bond motifs is 5. The largest absolute Gasteiger partial charge is 0.352 e. The van der Waals surface area contributed by atoms with E-state index >= 15 is 0 Å². The van der Waals surface area contributed by atoms with Crippen LogP contribution in [0.15, 0.2) is 0 Å². The quantitative estimate of drug-likeness (QED) is 0.807. The second-order valence-corrected chi connectivity index (χ2v) is 5.99. The monoisotopic (exact) mass is 232 g/mol. The van der Waals surface area contributed by atoms with Crippen LogP contribution >= 0.6 is 0 Å². The van der Waals surface area contributed by atoms with Crippen molar-refractivity contribution in [1.29, 1.82) is 5.26 Å². The third kappa shape index (κ3) is 1.66. The molecule has 1 amide bonds. The number of nitrogens with zero attached hydrogens (tertiary/aromatic N) is 1. The van der Waals surface area contributed by atoms with Crippen LogP contribution in [0.4, 0.5) is 0 Å². The molecule has 2 bridgehead atoms. The van der Waals surface area contributed by atoms with Crippen LogP contribution < -0.4 is 5.32 Å². The number of hydrogen-bond acceptors (Lipinski definition) is 2. The van der Waals surface area contributed by atoms with Gasteiger partial charge in [-0.1, -0.05) is 6.92 Å². The summed E-state index contributed by atoms with van der Waals surface area (Å²) in [7, 11) is 0. The Morgan fingerprint density at radius 1 is 1.41 bits per heavy atom. The molecule has 3 saturated carbocycles. The standard InChI is InChI=1S/C14H20N2O/c1-2-10(5-6-15)16-14(17)13-11-8-3-4-9(7-8)12(11)13/h8-13H,2-5,7H2,1H3,(H,16,17). The molecular formula is C14H20N2O. The summed E-state index contributed by atoms with van der Waals surface area (Å²) in [5.74, 6) is 3.63. The molecule has 3 fully saturated rings. The van der Waals surface area contributed by atoms with Crippen molar-refractivity contribution in [2.45, 2.75) is 45.1 Å². The van der Waals surface area contributed by atoms with Gasteiger partial charge >= 0.3 is 0 Å². The van der Waals surface area contributed by atoms with E-state index in [1.165, 1.54) is 19.3 Å². The average molecular weight is 232 g/mol. The van der Waals surface area contributed by atoms with Gasteiger partial charge in [-0.05, 0) is 49.4 Å². The molecule has 5 atom stereocenters. The van der Waals surface area contributed by atoms with Gasteiger partial charge < -0.3 is 5.32 Å². The first-order valence-corrected chi connectivity index (χ1v) is 6.93. The van der Waals surface area contributed by atoms with Crippen molar-refractivity contribution in [2.75, 3.05) is 0 Å². The van der Waals surface area contributed by atoms with E-state index in [-0.39, 0.29) is 11.9 Å². The summed E-state index contributed by atoms with van der Waals surface area (Å²) >= 11 is 0. The van der Waals surface area contributed by atoms with E-state index in [4.69, 9.17) is 5.26 Å². The number of amides is 1. The molecule has 0 saturated heterocycles. The first kappa shape index (κ1) is 11.1. The van der Waals surface area contributed by atoms with Gasteiger partial charge in [0.25, 0.3) is 0 Å². The topological polar surface area (TPSA) is 52.9 Å². The number of nitrogens with one attached hydrogen (secondary N) is 1. The van der Waals surface area contributed by atoms with E-state index in [2.05, 4.69) is 11.4 Å². The van der Waals surface area contributed by atoms with Crippen LogP contribution in [0.1, 0.15) is 39.0 Å². The molecule has 3 heteroatoms. The van der Waals surface area contributed by atoms with Gasteiger partial charge in [-0.3, -0.25) is 4.79 Å². The molecule has 0 aliphatic heterocycles. The summed E-state index contributed by atoms with van der Waals surface area (Å²) in [6, 6.07) is 2.21. The zero-order valence-electron chi connectivity index (χ0n) is 10.4. The highest BCUT2D eigenvalue weighted by atomic mass is 16.2. The maximum Gasteiger partial charge on any atom is 0.223 e. The smallest absolute Gasteiger partial charge is 0.223 e. The molecule has 3 nitrogen and oxygen atoms in total. The van der Waals surface area contributed by atoms with Crippen molar-refractivity contribution >= 4 is 5.91 Å². The Balaban J connectivity index is 1.57. The second kappa shape index (κ2) is 4.01. The molecule has 3 rings (SSSR count). The Kier molecular flexibility index (Phi) is 2.61. The zero-order chi connectivity index (χ0) is 12.0. The average Bonchev–Trinajstić information content (AvgIpc) is 2.78. The third-order valence-corrected chi connectivity index (χ3v) is 5.21. The van der Waals surface area contributed by atoms with Gasteiger partial charge in [-0.25, -0.2) is 0 Å². The summed E-state index contributed by atoms with van der Waals surface area (Å²) < 4.78 is 0. The van der Waals surface area contributed by atoms with Crippen LogP contribution in [0.3, 0.4) is 0 Å². The Morgan fingerprint density at radius 2 is 2.06 bits per heavy atom. The molecule has 0 aromatic rings. The van der Waals surface area contributed by atoms with Crippen molar-refractivity contribution < 1.29 is 4.79 Å². The fourth-order valence-corrected chi connectivity index (χ4v) is 4.38. The maximum absolute atomic E-state index is 12.2. The van der Waals surface area contributed by atoms with Crippen LogP contribution in [-0.4, -0.2) is 11.9 Å². The molecule has 17 heavy (non-hydrogen) atoms. The van der Waals surface area contributed by atoms with Crippen LogP contribution in [0.2, 0.25) is 0 Å².